The van der Waals surface area contributed by atoms with E-state index in [0.717, 1.165) is 51.5 Å². The van der Waals surface area contributed by atoms with E-state index < -0.39 is 0 Å². The number of aromatic nitrogens is 2. The molecule has 0 fully saturated rings. The first-order valence-corrected chi connectivity index (χ1v) is 11.5. The highest BCUT2D eigenvalue weighted by Gasteiger charge is 2.15. The second-order valence-electron chi connectivity index (χ2n) is 8.66. The number of anilines is 3. The Morgan fingerprint density at radius 2 is 1.06 bits per heavy atom. The number of para-hydroxylation sites is 4. The molecule has 0 unspecified atom stereocenters. The summed E-state index contributed by atoms with van der Waals surface area (Å²) >= 11 is 0. The van der Waals surface area contributed by atoms with Gasteiger partial charge in [0.15, 0.2) is 0 Å². The van der Waals surface area contributed by atoms with Crippen molar-refractivity contribution in [2.24, 2.45) is 5.92 Å². The molecule has 33 heavy (non-hydrogen) atoms. The SMILES string of the molecule is CC(C)Cc1nc2ccccc2nc1-c1ccc(N(c2ccccc2)c2ccccc2)cc1. The molecule has 4 aromatic carbocycles. The van der Waals surface area contributed by atoms with Gasteiger partial charge >= 0.3 is 0 Å². The summed E-state index contributed by atoms with van der Waals surface area (Å²) in [6.45, 7) is 4.45. The largest absolute Gasteiger partial charge is 0.311 e. The zero-order chi connectivity index (χ0) is 22.6. The van der Waals surface area contributed by atoms with Gasteiger partial charge in [0, 0.05) is 22.6 Å². The maximum absolute atomic E-state index is 5.01. The molecule has 0 aliphatic carbocycles. The minimum atomic E-state index is 0.505. The summed E-state index contributed by atoms with van der Waals surface area (Å²) < 4.78 is 0. The van der Waals surface area contributed by atoms with E-state index in [-0.39, 0.29) is 0 Å². The third kappa shape index (κ3) is 4.49. The highest BCUT2D eigenvalue weighted by Crippen LogP contribution is 2.35. The fourth-order valence-electron chi connectivity index (χ4n) is 4.17. The molecule has 3 nitrogen and oxygen atoms in total. The molecule has 0 spiro atoms. The molecule has 3 heteroatoms. The first-order chi connectivity index (χ1) is 16.2. The van der Waals surface area contributed by atoms with Crippen LogP contribution in [0.1, 0.15) is 19.5 Å². The van der Waals surface area contributed by atoms with Crippen molar-refractivity contribution in [3.63, 3.8) is 0 Å². The highest BCUT2D eigenvalue weighted by atomic mass is 15.1. The monoisotopic (exact) mass is 429 g/mol. The number of fused-ring (bicyclic) bond motifs is 1. The average molecular weight is 430 g/mol. The Morgan fingerprint density at radius 3 is 1.61 bits per heavy atom. The normalized spacial score (nSPS) is 11.1. The van der Waals surface area contributed by atoms with Gasteiger partial charge in [-0.2, -0.15) is 0 Å². The van der Waals surface area contributed by atoms with Crippen molar-refractivity contribution in [2.75, 3.05) is 4.90 Å². The summed E-state index contributed by atoms with van der Waals surface area (Å²) in [5, 5.41) is 0. The average Bonchev–Trinajstić information content (AvgIpc) is 2.85. The quantitative estimate of drug-likeness (QED) is 0.274. The van der Waals surface area contributed by atoms with Crippen LogP contribution in [-0.2, 0) is 6.42 Å². The van der Waals surface area contributed by atoms with Crippen LogP contribution in [0.4, 0.5) is 17.1 Å². The van der Waals surface area contributed by atoms with Crippen LogP contribution in [0.3, 0.4) is 0 Å². The van der Waals surface area contributed by atoms with Gasteiger partial charge in [-0.05, 0) is 60.9 Å². The van der Waals surface area contributed by atoms with Crippen molar-refractivity contribution in [1.29, 1.82) is 0 Å². The number of rotatable bonds is 6. The maximum Gasteiger partial charge on any atom is 0.0925 e. The van der Waals surface area contributed by atoms with Crippen LogP contribution >= 0.6 is 0 Å². The summed E-state index contributed by atoms with van der Waals surface area (Å²) in [6, 6.07) is 37.7. The van der Waals surface area contributed by atoms with Crippen molar-refractivity contribution >= 4 is 28.1 Å². The van der Waals surface area contributed by atoms with E-state index in [1.807, 2.05) is 36.4 Å². The van der Waals surface area contributed by atoms with Crippen LogP contribution in [0, 0.1) is 5.92 Å². The van der Waals surface area contributed by atoms with Crippen LogP contribution in [0.15, 0.2) is 109 Å². The van der Waals surface area contributed by atoms with E-state index in [1.165, 1.54) is 0 Å². The van der Waals surface area contributed by atoms with Crippen LogP contribution < -0.4 is 4.90 Å². The Kier molecular flexibility index (Phi) is 5.86. The second-order valence-corrected chi connectivity index (χ2v) is 8.66. The molecule has 0 saturated heterocycles. The molecule has 1 aromatic heterocycles. The second kappa shape index (κ2) is 9.25. The predicted octanol–water partition coefficient (Wildman–Crippen LogP) is 7.97. The lowest BCUT2D eigenvalue weighted by molar-refractivity contribution is 0.636. The van der Waals surface area contributed by atoms with Gasteiger partial charge in [0.25, 0.3) is 0 Å². The molecule has 0 N–H and O–H groups in total. The smallest absolute Gasteiger partial charge is 0.0925 e. The summed E-state index contributed by atoms with van der Waals surface area (Å²) in [6.07, 6.45) is 0.898. The minimum absolute atomic E-state index is 0.505. The van der Waals surface area contributed by atoms with Gasteiger partial charge in [-0.15, -0.1) is 0 Å². The van der Waals surface area contributed by atoms with Crippen molar-refractivity contribution in [2.45, 2.75) is 20.3 Å². The standard InChI is InChI=1S/C30H27N3/c1-22(2)21-29-30(32-28-16-10-9-15-27(28)31-29)23-17-19-26(20-18-23)33(24-11-5-3-6-12-24)25-13-7-4-8-14-25/h3-20,22H,21H2,1-2H3. The molecular weight excluding hydrogens is 402 g/mol. The topological polar surface area (TPSA) is 29.0 Å². The molecule has 0 aliphatic rings. The summed E-state index contributed by atoms with van der Waals surface area (Å²) in [7, 11) is 0. The van der Waals surface area contributed by atoms with Crippen molar-refractivity contribution in [3.05, 3.63) is 115 Å². The third-order valence-electron chi connectivity index (χ3n) is 5.67. The Balaban J connectivity index is 1.58. The summed E-state index contributed by atoms with van der Waals surface area (Å²) in [5.41, 5.74) is 8.36. The number of benzene rings is 4. The maximum atomic E-state index is 5.01. The van der Waals surface area contributed by atoms with Gasteiger partial charge in [-0.25, -0.2) is 9.97 Å². The molecule has 0 amide bonds. The Hall–Kier alpha value is -3.98. The van der Waals surface area contributed by atoms with Crippen LogP contribution in [0.25, 0.3) is 22.3 Å². The van der Waals surface area contributed by atoms with Gasteiger partial charge in [0.2, 0.25) is 0 Å². The lowest BCUT2D eigenvalue weighted by Crippen LogP contribution is -2.09. The Morgan fingerprint density at radius 1 is 0.576 bits per heavy atom. The molecule has 5 aromatic rings. The zero-order valence-electron chi connectivity index (χ0n) is 19.0. The molecule has 0 radical (unpaired) electrons. The van der Waals surface area contributed by atoms with Crippen LogP contribution in [0.5, 0.6) is 0 Å². The Bertz CT molecular complexity index is 1300. The predicted molar refractivity (Wildman–Crippen MR) is 138 cm³/mol. The molecule has 162 valence electrons. The molecule has 5 rings (SSSR count). The number of hydrogen-bond acceptors (Lipinski definition) is 3. The minimum Gasteiger partial charge on any atom is -0.311 e. The first-order valence-electron chi connectivity index (χ1n) is 11.5. The third-order valence-corrected chi connectivity index (χ3v) is 5.67. The Labute approximate surface area is 195 Å². The highest BCUT2D eigenvalue weighted by molar-refractivity contribution is 5.80. The van der Waals surface area contributed by atoms with E-state index >= 15 is 0 Å². The van der Waals surface area contributed by atoms with Crippen LogP contribution in [0.2, 0.25) is 0 Å². The van der Waals surface area contributed by atoms with E-state index in [9.17, 15) is 0 Å². The van der Waals surface area contributed by atoms with Gasteiger partial charge in [-0.1, -0.05) is 74.5 Å². The molecular formula is C30H27N3. The van der Waals surface area contributed by atoms with Gasteiger partial charge in [0.05, 0.1) is 22.4 Å². The lowest BCUT2D eigenvalue weighted by Gasteiger charge is -2.25. The van der Waals surface area contributed by atoms with E-state index in [1.54, 1.807) is 0 Å². The molecule has 0 bridgehead atoms. The molecule has 0 aliphatic heterocycles. The summed E-state index contributed by atoms with van der Waals surface area (Å²) in [4.78, 5) is 12.3. The number of nitrogens with zero attached hydrogens (tertiary/aromatic N) is 3. The summed E-state index contributed by atoms with van der Waals surface area (Å²) in [5.74, 6) is 0.505. The fraction of sp³-hybridized carbons (Fsp3) is 0.133. The van der Waals surface area contributed by atoms with E-state index in [0.29, 0.717) is 5.92 Å². The van der Waals surface area contributed by atoms with Crippen molar-refractivity contribution in [1.82, 2.24) is 9.97 Å². The molecule has 1 heterocycles. The molecule has 0 atom stereocenters. The molecule has 0 saturated carbocycles. The van der Waals surface area contributed by atoms with Gasteiger partial charge in [-0.3, -0.25) is 0 Å². The van der Waals surface area contributed by atoms with E-state index in [2.05, 4.69) is 91.5 Å². The van der Waals surface area contributed by atoms with Crippen molar-refractivity contribution in [3.8, 4) is 11.3 Å². The van der Waals surface area contributed by atoms with Crippen LogP contribution in [-0.4, -0.2) is 9.97 Å². The fourth-order valence-corrected chi connectivity index (χ4v) is 4.17. The zero-order valence-corrected chi connectivity index (χ0v) is 19.0. The lowest BCUT2D eigenvalue weighted by atomic mass is 10.0. The van der Waals surface area contributed by atoms with Gasteiger partial charge < -0.3 is 4.90 Å². The van der Waals surface area contributed by atoms with Gasteiger partial charge in [0.1, 0.15) is 0 Å². The van der Waals surface area contributed by atoms with Crippen molar-refractivity contribution < 1.29 is 0 Å². The number of hydrogen-bond donors (Lipinski definition) is 0. The van der Waals surface area contributed by atoms with E-state index in [4.69, 9.17) is 9.97 Å². The first kappa shape index (κ1) is 20.9.